The van der Waals surface area contributed by atoms with E-state index in [1.165, 1.54) is 0 Å². The van der Waals surface area contributed by atoms with Crippen molar-refractivity contribution in [2.75, 3.05) is 0 Å². The Labute approximate surface area is 90.5 Å². The minimum Gasteiger partial charge on any atom is -0.288 e. The first-order valence-corrected chi connectivity index (χ1v) is 4.58. The molecule has 1 aromatic heterocycles. The molecule has 0 bridgehead atoms. The quantitative estimate of drug-likeness (QED) is 0.573. The van der Waals surface area contributed by atoms with E-state index >= 15 is 0 Å². The Hall–Kier alpha value is -1.65. The number of halogens is 1. The molecule has 0 unspecified atom stereocenters. The fourth-order valence-corrected chi connectivity index (χ4v) is 1.63. The number of amides is 1. The highest BCUT2D eigenvalue weighted by Crippen LogP contribution is 2.25. The lowest BCUT2D eigenvalue weighted by atomic mass is 10.1. The first-order chi connectivity index (χ1) is 7.24. The first kappa shape index (κ1) is 9.89. The smallest absolute Gasteiger partial charge is 0.275 e. The summed E-state index contributed by atoms with van der Waals surface area (Å²) in [5.41, 5.74) is 1.95. The summed E-state index contributed by atoms with van der Waals surface area (Å²) in [7, 11) is 0. The highest BCUT2D eigenvalue weighted by atomic mass is 35.5. The van der Waals surface area contributed by atoms with E-state index in [-0.39, 0.29) is 0 Å². The van der Waals surface area contributed by atoms with Gasteiger partial charge in [-0.3, -0.25) is 15.0 Å². The number of pyridine rings is 1. The number of hydrogen-bond acceptors (Lipinski definition) is 3. The molecular formula is C10H7ClN2O2. The number of carbonyl (C=O) groups is 1. The van der Waals surface area contributed by atoms with Crippen LogP contribution in [0.15, 0.2) is 30.6 Å². The Morgan fingerprint density at radius 1 is 1.33 bits per heavy atom. The summed E-state index contributed by atoms with van der Waals surface area (Å²) in [5, 5.41) is 10.4. The van der Waals surface area contributed by atoms with Gasteiger partial charge in [0.15, 0.2) is 0 Å². The van der Waals surface area contributed by atoms with Crippen LogP contribution in [-0.2, 0) is 0 Å². The Kier molecular flexibility index (Phi) is 2.53. The van der Waals surface area contributed by atoms with Gasteiger partial charge in [0.25, 0.3) is 5.91 Å². The van der Waals surface area contributed by atoms with Gasteiger partial charge in [-0.15, -0.1) is 0 Å². The molecule has 0 radical (unpaired) electrons. The van der Waals surface area contributed by atoms with Crippen molar-refractivity contribution < 1.29 is 10.0 Å². The van der Waals surface area contributed by atoms with E-state index in [1.807, 2.05) is 0 Å². The van der Waals surface area contributed by atoms with Gasteiger partial charge in [0.2, 0.25) is 0 Å². The van der Waals surface area contributed by atoms with Crippen LogP contribution in [0.5, 0.6) is 0 Å². The average molecular weight is 223 g/mol. The van der Waals surface area contributed by atoms with Crippen molar-refractivity contribution in [3.05, 3.63) is 41.2 Å². The summed E-state index contributed by atoms with van der Waals surface area (Å²) in [4.78, 5) is 15.2. The highest BCUT2D eigenvalue weighted by molar-refractivity contribution is 6.36. The SMILES string of the molecule is O=C(NO)c1ccc(Cl)c2cnccc12. The van der Waals surface area contributed by atoms with E-state index in [4.69, 9.17) is 16.8 Å². The summed E-state index contributed by atoms with van der Waals surface area (Å²) in [6, 6.07) is 4.82. The standard InChI is InChI=1S/C10H7ClN2O2/c11-9-2-1-7(10(14)13-15)6-3-4-12-5-8(6)9/h1-5,15H,(H,13,14). The van der Waals surface area contributed by atoms with Gasteiger partial charge in [-0.1, -0.05) is 11.6 Å². The fourth-order valence-electron chi connectivity index (χ4n) is 1.41. The predicted octanol–water partition coefficient (Wildman–Crippen LogP) is 2.01. The first-order valence-electron chi connectivity index (χ1n) is 4.20. The maximum Gasteiger partial charge on any atom is 0.275 e. The van der Waals surface area contributed by atoms with Gasteiger partial charge < -0.3 is 0 Å². The average Bonchev–Trinajstić information content (AvgIpc) is 2.29. The van der Waals surface area contributed by atoms with Gasteiger partial charge in [-0.05, 0) is 23.6 Å². The van der Waals surface area contributed by atoms with Crippen LogP contribution in [0.2, 0.25) is 5.02 Å². The Balaban J connectivity index is 2.77. The Morgan fingerprint density at radius 2 is 2.13 bits per heavy atom. The van der Waals surface area contributed by atoms with Gasteiger partial charge in [0, 0.05) is 28.4 Å². The Bertz CT molecular complexity index is 528. The van der Waals surface area contributed by atoms with Gasteiger partial charge in [-0.25, -0.2) is 5.48 Å². The number of carbonyl (C=O) groups excluding carboxylic acids is 1. The van der Waals surface area contributed by atoms with Crippen molar-refractivity contribution in [2.45, 2.75) is 0 Å². The monoisotopic (exact) mass is 222 g/mol. The van der Waals surface area contributed by atoms with Crippen molar-refractivity contribution in [2.24, 2.45) is 0 Å². The molecule has 2 N–H and O–H groups in total. The molecule has 15 heavy (non-hydrogen) atoms. The molecule has 4 nitrogen and oxygen atoms in total. The van der Waals surface area contributed by atoms with Crippen molar-refractivity contribution in [1.29, 1.82) is 0 Å². The molecule has 0 aliphatic carbocycles. The van der Waals surface area contributed by atoms with Crippen LogP contribution in [0.3, 0.4) is 0 Å². The maximum atomic E-state index is 11.3. The topological polar surface area (TPSA) is 62.2 Å². The molecule has 2 aromatic rings. The van der Waals surface area contributed by atoms with Gasteiger partial charge in [0.05, 0.1) is 0 Å². The van der Waals surface area contributed by atoms with Crippen LogP contribution in [0.1, 0.15) is 10.4 Å². The number of rotatable bonds is 1. The molecule has 0 aliphatic rings. The third kappa shape index (κ3) is 1.65. The van der Waals surface area contributed by atoms with E-state index in [9.17, 15) is 4.79 Å². The second kappa shape index (κ2) is 3.84. The third-order valence-electron chi connectivity index (χ3n) is 2.11. The van der Waals surface area contributed by atoms with Crippen molar-refractivity contribution in [3.8, 4) is 0 Å². The van der Waals surface area contributed by atoms with E-state index in [1.54, 1.807) is 36.1 Å². The van der Waals surface area contributed by atoms with Crippen LogP contribution in [-0.4, -0.2) is 16.1 Å². The minimum absolute atomic E-state index is 0.360. The fraction of sp³-hybridized carbons (Fsp3) is 0. The number of aromatic nitrogens is 1. The lowest BCUT2D eigenvalue weighted by Gasteiger charge is -2.05. The molecule has 5 heteroatoms. The van der Waals surface area contributed by atoms with Crippen LogP contribution in [0, 0.1) is 0 Å². The number of hydroxylamine groups is 1. The molecule has 0 spiro atoms. The van der Waals surface area contributed by atoms with Crippen LogP contribution < -0.4 is 5.48 Å². The minimum atomic E-state index is -0.567. The summed E-state index contributed by atoms with van der Waals surface area (Å²) in [5.74, 6) is -0.567. The molecule has 76 valence electrons. The molecular weight excluding hydrogens is 216 g/mol. The van der Waals surface area contributed by atoms with Gasteiger partial charge in [0.1, 0.15) is 0 Å². The normalized spacial score (nSPS) is 10.3. The van der Waals surface area contributed by atoms with Crippen LogP contribution in [0.25, 0.3) is 10.8 Å². The maximum absolute atomic E-state index is 11.3. The van der Waals surface area contributed by atoms with E-state index < -0.39 is 5.91 Å². The molecule has 0 atom stereocenters. The second-order valence-electron chi connectivity index (χ2n) is 2.96. The van der Waals surface area contributed by atoms with Crippen LogP contribution >= 0.6 is 11.6 Å². The summed E-state index contributed by atoms with van der Waals surface area (Å²) in [6.07, 6.45) is 3.14. The van der Waals surface area contributed by atoms with E-state index in [0.29, 0.717) is 21.4 Å². The van der Waals surface area contributed by atoms with Gasteiger partial charge >= 0.3 is 0 Å². The number of hydrogen-bond donors (Lipinski definition) is 2. The van der Waals surface area contributed by atoms with E-state index in [0.717, 1.165) is 0 Å². The molecule has 2 rings (SSSR count). The molecule has 0 saturated carbocycles. The molecule has 1 heterocycles. The number of nitrogens with zero attached hydrogens (tertiary/aromatic N) is 1. The predicted molar refractivity (Wildman–Crippen MR) is 56.0 cm³/mol. The summed E-state index contributed by atoms with van der Waals surface area (Å²) in [6.45, 7) is 0. The summed E-state index contributed by atoms with van der Waals surface area (Å²) < 4.78 is 0. The molecule has 1 amide bonds. The second-order valence-corrected chi connectivity index (χ2v) is 3.36. The van der Waals surface area contributed by atoms with Crippen molar-refractivity contribution in [3.63, 3.8) is 0 Å². The van der Waals surface area contributed by atoms with Crippen molar-refractivity contribution >= 4 is 28.3 Å². The van der Waals surface area contributed by atoms with E-state index in [2.05, 4.69) is 4.98 Å². The van der Waals surface area contributed by atoms with Gasteiger partial charge in [-0.2, -0.15) is 0 Å². The third-order valence-corrected chi connectivity index (χ3v) is 2.44. The zero-order valence-electron chi connectivity index (χ0n) is 7.57. The molecule has 0 fully saturated rings. The number of fused-ring (bicyclic) bond motifs is 1. The molecule has 1 aromatic carbocycles. The van der Waals surface area contributed by atoms with Crippen LogP contribution in [0.4, 0.5) is 0 Å². The zero-order chi connectivity index (χ0) is 10.8. The lowest BCUT2D eigenvalue weighted by molar-refractivity contribution is 0.0708. The largest absolute Gasteiger partial charge is 0.288 e. The zero-order valence-corrected chi connectivity index (χ0v) is 8.32. The molecule has 0 aliphatic heterocycles. The molecule has 0 saturated heterocycles. The number of benzene rings is 1. The van der Waals surface area contributed by atoms with Crippen molar-refractivity contribution in [1.82, 2.24) is 10.5 Å². The Morgan fingerprint density at radius 3 is 2.87 bits per heavy atom. The highest BCUT2D eigenvalue weighted by Gasteiger charge is 2.10. The summed E-state index contributed by atoms with van der Waals surface area (Å²) >= 11 is 5.94. The number of nitrogens with one attached hydrogen (secondary N) is 1. The lowest BCUT2D eigenvalue weighted by Crippen LogP contribution is -2.18.